The van der Waals surface area contributed by atoms with E-state index >= 15 is 0 Å². The summed E-state index contributed by atoms with van der Waals surface area (Å²) >= 11 is 0. The maximum Gasteiger partial charge on any atom is 0.201 e. The van der Waals surface area contributed by atoms with Gasteiger partial charge in [0, 0.05) is 14.1 Å². The smallest absolute Gasteiger partial charge is 0.201 e. The summed E-state index contributed by atoms with van der Waals surface area (Å²) in [5, 5.41) is 3.05. The fourth-order valence-corrected chi connectivity index (χ4v) is 0.924. The summed E-state index contributed by atoms with van der Waals surface area (Å²) in [6.45, 7) is 1.92. The van der Waals surface area contributed by atoms with Crippen molar-refractivity contribution in [3.05, 3.63) is 0 Å². The van der Waals surface area contributed by atoms with E-state index in [0.717, 1.165) is 5.96 Å². The second-order valence-electron chi connectivity index (χ2n) is 2.41. The first-order valence-electron chi connectivity index (χ1n) is 3.45. The van der Waals surface area contributed by atoms with E-state index in [0.29, 0.717) is 5.96 Å². The molecule has 62 valence electrons. The van der Waals surface area contributed by atoms with Crippen LogP contribution in [0.4, 0.5) is 0 Å². The minimum absolute atomic E-state index is 0.0184. The standard InChI is InChI=1S/C6H13N5/c1-4-9-5(7)11(3)6(8-2)10-4/h4H,1-3H3,(H2,7,9)(H,8,10). The Hall–Kier alpha value is -1.26. The molecule has 5 nitrogen and oxygen atoms in total. The molecule has 0 bridgehead atoms. The number of nitrogens with one attached hydrogen (secondary N) is 1. The van der Waals surface area contributed by atoms with Crippen LogP contribution in [0.2, 0.25) is 0 Å². The van der Waals surface area contributed by atoms with E-state index in [1.54, 1.807) is 11.9 Å². The monoisotopic (exact) mass is 155 g/mol. The highest BCUT2D eigenvalue weighted by atomic mass is 15.4. The third kappa shape index (κ3) is 1.42. The first kappa shape index (κ1) is 7.84. The maximum absolute atomic E-state index is 5.59. The molecular formula is C6H13N5. The van der Waals surface area contributed by atoms with Gasteiger partial charge in [0.1, 0.15) is 6.17 Å². The zero-order chi connectivity index (χ0) is 8.43. The number of hydrogen-bond acceptors (Lipinski definition) is 3. The molecular weight excluding hydrogens is 142 g/mol. The van der Waals surface area contributed by atoms with Gasteiger partial charge in [0.15, 0.2) is 5.96 Å². The van der Waals surface area contributed by atoms with E-state index in [-0.39, 0.29) is 6.17 Å². The molecule has 0 saturated heterocycles. The first-order chi connectivity index (χ1) is 5.15. The Labute approximate surface area is 66.0 Å². The van der Waals surface area contributed by atoms with Gasteiger partial charge >= 0.3 is 0 Å². The summed E-state index contributed by atoms with van der Waals surface area (Å²) in [6.07, 6.45) is 0.0184. The molecule has 1 unspecified atom stereocenters. The van der Waals surface area contributed by atoms with Crippen LogP contribution in [0.25, 0.3) is 0 Å². The Bertz CT molecular complexity index is 207. The number of guanidine groups is 2. The summed E-state index contributed by atoms with van der Waals surface area (Å²) in [5.41, 5.74) is 5.59. The van der Waals surface area contributed by atoms with Gasteiger partial charge < -0.3 is 11.1 Å². The van der Waals surface area contributed by atoms with E-state index in [2.05, 4.69) is 15.3 Å². The van der Waals surface area contributed by atoms with Crippen LogP contribution in [0.5, 0.6) is 0 Å². The normalized spacial score (nSPS) is 28.3. The van der Waals surface area contributed by atoms with Gasteiger partial charge in [-0.1, -0.05) is 0 Å². The van der Waals surface area contributed by atoms with Crippen molar-refractivity contribution in [3.8, 4) is 0 Å². The first-order valence-corrected chi connectivity index (χ1v) is 3.45. The topological polar surface area (TPSA) is 66.0 Å². The summed E-state index contributed by atoms with van der Waals surface area (Å²) in [5.74, 6) is 1.25. The van der Waals surface area contributed by atoms with Crippen molar-refractivity contribution in [3.63, 3.8) is 0 Å². The second-order valence-corrected chi connectivity index (χ2v) is 2.41. The Morgan fingerprint density at radius 1 is 1.73 bits per heavy atom. The van der Waals surface area contributed by atoms with Gasteiger partial charge in [-0.15, -0.1) is 0 Å². The number of nitrogens with two attached hydrogens (primary N) is 1. The molecule has 0 aromatic heterocycles. The van der Waals surface area contributed by atoms with Crippen molar-refractivity contribution < 1.29 is 0 Å². The fraction of sp³-hybridized carbons (Fsp3) is 0.667. The third-order valence-corrected chi connectivity index (χ3v) is 1.54. The Morgan fingerprint density at radius 3 is 2.91 bits per heavy atom. The largest absolute Gasteiger partial charge is 0.369 e. The van der Waals surface area contributed by atoms with Crippen molar-refractivity contribution in [2.24, 2.45) is 15.7 Å². The average Bonchev–Trinajstić information content (AvgIpc) is 1.96. The Kier molecular flexibility index (Phi) is 1.98. The minimum atomic E-state index is 0.0184. The van der Waals surface area contributed by atoms with E-state index < -0.39 is 0 Å². The molecule has 1 heterocycles. The van der Waals surface area contributed by atoms with Crippen LogP contribution in [0, 0.1) is 0 Å². The molecule has 0 radical (unpaired) electrons. The molecule has 0 amide bonds. The van der Waals surface area contributed by atoms with Crippen molar-refractivity contribution in [1.82, 2.24) is 10.2 Å². The SMILES string of the molecule is CN=C1NC(C)N=C(N)N1C. The Morgan fingerprint density at radius 2 is 2.36 bits per heavy atom. The van der Waals surface area contributed by atoms with Gasteiger partial charge in [-0.2, -0.15) is 0 Å². The van der Waals surface area contributed by atoms with Gasteiger partial charge in [-0.05, 0) is 6.92 Å². The number of nitrogens with zero attached hydrogens (tertiary/aromatic N) is 3. The average molecular weight is 155 g/mol. The molecule has 0 aromatic carbocycles. The molecule has 1 aliphatic rings. The molecule has 0 aromatic rings. The van der Waals surface area contributed by atoms with Gasteiger partial charge in [0.2, 0.25) is 5.96 Å². The van der Waals surface area contributed by atoms with Crippen LogP contribution in [-0.4, -0.2) is 37.1 Å². The third-order valence-electron chi connectivity index (χ3n) is 1.54. The highest BCUT2D eigenvalue weighted by Crippen LogP contribution is 1.96. The van der Waals surface area contributed by atoms with Crippen LogP contribution in [0.15, 0.2) is 9.98 Å². The van der Waals surface area contributed by atoms with Crippen LogP contribution < -0.4 is 11.1 Å². The zero-order valence-corrected chi connectivity index (χ0v) is 7.00. The molecule has 1 rings (SSSR count). The summed E-state index contributed by atoms with van der Waals surface area (Å²) in [6, 6.07) is 0. The lowest BCUT2D eigenvalue weighted by Crippen LogP contribution is -2.53. The van der Waals surface area contributed by atoms with E-state index in [1.807, 2.05) is 14.0 Å². The van der Waals surface area contributed by atoms with Crippen molar-refractivity contribution in [1.29, 1.82) is 0 Å². The van der Waals surface area contributed by atoms with Crippen LogP contribution in [0.3, 0.4) is 0 Å². The Balaban J connectivity index is 2.86. The minimum Gasteiger partial charge on any atom is -0.369 e. The molecule has 11 heavy (non-hydrogen) atoms. The quantitative estimate of drug-likeness (QED) is 0.479. The number of hydrogen-bond donors (Lipinski definition) is 2. The molecule has 1 aliphatic heterocycles. The molecule has 0 aliphatic carbocycles. The van der Waals surface area contributed by atoms with Gasteiger partial charge in [0.05, 0.1) is 0 Å². The van der Waals surface area contributed by atoms with Crippen molar-refractivity contribution >= 4 is 11.9 Å². The van der Waals surface area contributed by atoms with E-state index in [4.69, 9.17) is 5.73 Å². The lowest BCUT2D eigenvalue weighted by atomic mass is 10.5. The molecule has 1 atom stereocenters. The molecule has 0 saturated carbocycles. The van der Waals surface area contributed by atoms with Crippen LogP contribution in [0.1, 0.15) is 6.92 Å². The highest BCUT2D eigenvalue weighted by molar-refractivity contribution is 5.99. The van der Waals surface area contributed by atoms with Crippen molar-refractivity contribution in [2.75, 3.05) is 14.1 Å². The van der Waals surface area contributed by atoms with Crippen LogP contribution >= 0.6 is 0 Å². The predicted octanol–water partition coefficient (Wildman–Crippen LogP) is -0.832. The predicted molar refractivity (Wildman–Crippen MR) is 45.3 cm³/mol. The molecule has 5 heteroatoms. The summed E-state index contributed by atoms with van der Waals surface area (Å²) in [7, 11) is 3.53. The van der Waals surface area contributed by atoms with Crippen LogP contribution in [-0.2, 0) is 0 Å². The fourth-order valence-electron chi connectivity index (χ4n) is 0.924. The number of rotatable bonds is 0. The van der Waals surface area contributed by atoms with Gasteiger partial charge in [-0.25, -0.2) is 4.99 Å². The van der Waals surface area contributed by atoms with E-state index in [9.17, 15) is 0 Å². The van der Waals surface area contributed by atoms with Crippen molar-refractivity contribution in [2.45, 2.75) is 13.1 Å². The number of aliphatic imine (C=N–C) groups is 2. The van der Waals surface area contributed by atoms with E-state index in [1.165, 1.54) is 0 Å². The lowest BCUT2D eigenvalue weighted by molar-refractivity contribution is 0.569. The molecule has 3 N–H and O–H groups in total. The lowest BCUT2D eigenvalue weighted by Gasteiger charge is -2.28. The summed E-state index contributed by atoms with van der Waals surface area (Å²) in [4.78, 5) is 9.80. The highest BCUT2D eigenvalue weighted by Gasteiger charge is 2.17. The molecule has 0 spiro atoms. The second kappa shape index (κ2) is 2.77. The zero-order valence-electron chi connectivity index (χ0n) is 7.00. The summed E-state index contributed by atoms with van der Waals surface area (Å²) < 4.78 is 0. The maximum atomic E-state index is 5.59. The van der Waals surface area contributed by atoms with Gasteiger partial charge in [0.25, 0.3) is 0 Å². The molecule has 0 fully saturated rings. The van der Waals surface area contributed by atoms with Gasteiger partial charge in [-0.3, -0.25) is 9.89 Å².